The third-order valence-corrected chi connectivity index (χ3v) is 7.83. The average molecular weight is 552 g/mol. The van der Waals surface area contributed by atoms with Gasteiger partial charge in [-0.1, -0.05) is 41.6 Å². The molecule has 0 aliphatic carbocycles. The quantitative estimate of drug-likeness (QED) is 0.240. The first-order valence-corrected chi connectivity index (χ1v) is 14.1. The van der Waals surface area contributed by atoms with Crippen molar-refractivity contribution < 1.29 is 22.8 Å². The van der Waals surface area contributed by atoms with Crippen LogP contribution in [-0.4, -0.2) is 35.3 Å². The van der Waals surface area contributed by atoms with Gasteiger partial charge in [-0.25, -0.2) is 18.4 Å². The Kier molecular flexibility index (Phi) is 8.63. The molecule has 39 heavy (non-hydrogen) atoms. The van der Waals surface area contributed by atoms with Crippen LogP contribution in [-0.2, 0) is 34.5 Å². The minimum Gasteiger partial charge on any atom is -0.391 e. The molecule has 0 saturated heterocycles. The fourth-order valence-corrected chi connectivity index (χ4v) is 5.51. The molecular formula is C28H33N5O5S. The van der Waals surface area contributed by atoms with Crippen molar-refractivity contribution in [2.24, 2.45) is 0 Å². The summed E-state index contributed by atoms with van der Waals surface area (Å²) in [5.74, 6) is 1.90. The summed E-state index contributed by atoms with van der Waals surface area (Å²) in [7, 11) is -3.97. The van der Waals surface area contributed by atoms with Gasteiger partial charge in [0.15, 0.2) is 5.82 Å². The Morgan fingerprint density at radius 3 is 2.46 bits per heavy atom. The van der Waals surface area contributed by atoms with E-state index in [1.54, 1.807) is 45.0 Å². The number of hydrogen-bond donors (Lipinski definition) is 3. The molecule has 4 aromatic rings. The smallest absolute Gasteiger partial charge is 0.263 e. The van der Waals surface area contributed by atoms with Crippen LogP contribution in [0.3, 0.4) is 0 Å². The van der Waals surface area contributed by atoms with E-state index in [4.69, 9.17) is 9.26 Å². The largest absolute Gasteiger partial charge is 0.391 e. The number of hydrogen-bond acceptors (Lipinski definition) is 9. The molecule has 0 aliphatic rings. The van der Waals surface area contributed by atoms with E-state index in [-0.39, 0.29) is 17.3 Å². The summed E-state index contributed by atoms with van der Waals surface area (Å²) < 4.78 is 40.4. The number of aromatic nitrogens is 3. The lowest BCUT2D eigenvalue weighted by Crippen LogP contribution is -2.15. The number of sulfonamides is 1. The molecule has 0 saturated carbocycles. The minimum atomic E-state index is -3.97. The molecule has 0 aliphatic heterocycles. The normalized spacial score (nSPS) is 11.5. The van der Waals surface area contributed by atoms with Crippen LogP contribution in [0.4, 0.5) is 11.6 Å². The molecule has 206 valence electrons. The van der Waals surface area contributed by atoms with Gasteiger partial charge in [0.1, 0.15) is 17.4 Å². The van der Waals surface area contributed by atoms with E-state index in [0.717, 1.165) is 22.4 Å². The van der Waals surface area contributed by atoms with Crippen LogP contribution in [0.2, 0.25) is 0 Å². The number of anilines is 2. The SMILES string of the molecule is CCOCc1cc(CNc2nc(C)nc(C)c2CO)ccc1-c1ccccc1S(=O)(=O)Nc1noc(C)c1C. The van der Waals surface area contributed by atoms with Gasteiger partial charge in [-0.05, 0) is 57.4 Å². The molecule has 3 N–H and O–H groups in total. The predicted molar refractivity (Wildman–Crippen MR) is 149 cm³/mol. The first-order valence-electron chi connectivity index (χ1n) is 12.6. The van der Waals surface area contributed by atoms with Gasteiger partial charge in [0.05, 0.1) is 18.1 Å². The molecule has 11 heteroatoms. The summed E-state index contributed by atoms with van der Waals surface area (Å²) >= 11 is 0. The Morgan fingerprint density at radius 1 is 1.00 bits per heavy atom. The molecule has 4 rings (SSSR count). The maximum absolute atomic E-state index is 13.5. The summed E-state index contributed by atoms with van der Waals surface area (Å²) in [6.07, 6.45) is 0. The van der Waals surface area contributed by atoms with Crippen molar-refractivity contribution in [3.8, 4) is 11.1 Å². The van der Waals surface area contributed by atoms with Gasteiger partial charge < -0.3 is 19.7 Å². The predicted octanol–water partition coefficient (Wildman–Crippen LogP) is 4.81. The lowest BCUT2D eigenvalue weighted by molar-refractivity contribution is 0.134. The standard InChI is InChI=1S/C28H33N5O5S/c1-6-37-16-22-13-21(14-29-28-25(15-34)18(3)30-20(5)31-28)11-12-23(22)24-9-7-8-10-26(24)39(35,36)33-27-17(2)19(4)38-32-27/h7-13,34H,6,14-16H2,1-5H3,(H,32,33)(H,29,30,31). The highest BCUT2D eigenvalue weighted by Gasteiger charge is 2.23. The molecule has 2 aromatic carbocycles. The van der Waals surface area contributed by atoms with Crippen LogP contribution < -0.4 is 10.0 Å². The van der Waals surface area contributed by atoms with Crippen LogP contribution in [0, 0.1) is 27.7 Å². The summed E-state index contributed by atoms with van der Waals surface area (Å²) in [5, 5.41) is 16.9. The molecule has 0 fully saturated rings. The number of nitrogens with zero attached hydrogens (tertiary/aromatic N) is 3. The number of nitrogens with one attached hydrogen (secondary N) is 2. The summed E-state index contributed by atoms with van der Waals surface area (Å²) in [6.45, 7) is 10.1. The van der Waals surface area contributed by atoms with E-state index in [1.165, 1.54) is 0 Å². The molecule has 10 nitrogen and oxygen atoms in total. The highest BCUT2D eigenvalue weighted by atomic mass is 32.2. The fraction of sp³-hybridized carbons (Fsp3) is 0.321. The van der Waals surface area contributed by atoms with E-state index in [1.807, 2.05) is 32.0 Å². The summed E-state index contributed by atoms with van der Waals surface area (Å²) in [4.78, 5) is 8.89. The number of benzene rings is 2. The molecule has 0 atom stereocenters. The Bertz CT molecular complexity index is 1580. The third-order valence-electron chi connectivity index (χ3n) is 6.43. The molecule has 0 bridgehead atoms. The number of ether oxygens (including phenoxy) is 1. The monoisotopic (exact) mass is 551 g/mol. The van der Waals surface area contributed by atoms with Crippen molar-refractivity contribution in [3.05, 3.63) is 82.0 Å². The maximum Gasteiger partial charge on any atom is 0.263 e. The topological polar surface area (TPSA) is 139 Å². The highest BCUT2D eigenvalue weighted by molar-refractivity contribution is 7.92. The van der Waals surface area contributed by atoms with Gasteiger partial charge in [0.2, 0.25) is 0 Å². The zero-order valence-corrected chi connectivity index (χ0v) is 23.5. The fourth-order valence-electron chi connectivity index (χ4n) is 4.23. The van der Waals surface area contributed by atoms with Crippen LogP contribution in [0.15, 0.2) is 51.9 Å². The second-order valence-corrected chi connectivity index (χ2v) is 10.8. The average Bonchev–Trinajstić information content (AvgIpc) is 3.22. The molecule has 0 unspecified atom stereocenters. The van der Waals surface area contributed by atoms with Gasteiger partial charge >= 0.3 is 0 Å². The van der Waals surface area contributed by atoms with Gasteiger partial charge in [-0.3, -0.25) is 4.72 Å². The number of rotatable bonds is 11. The van der Waals surface area contributed by atoms with E-state index in [2.05, 4.69) is 25.2 Å². The minimum absolute atomic E-state index is 0.119. The Balaban J connectivity index is 1.69. The summed E-state index contributed by atoms with van der Waals surface area (Å²) in [6, 6.07) is 12.6. The Hall–Kier alpha value is -3.80. The molecule has 0 radical (unpaired) electrons. The van der Waals surface area contributed by atoms with Gasteiger partial charge in [-0.15, -0.1) is 0 Å². The van der Waals surface area contributed by atoms with E-state index >= 15 is 0 Å². The van der Waals surface area contributed by atoms with Crippen molar-refractivity contribution in [3.63, 3.8) is 0 Å². The number of aliphatic hydroxyl groups excluding tert-OH is 1. The number of aliphatic hydroxyl groups is 1. The molecule has 2 heterocycles. The van der Waals surface area contributed by atoms with Crippen LogP contribution in [0.5, 0.6) is 0 Å². The Morgan fingerprint density at radius 2 is 1.77 bits per heavy atom. The second-order valence-electron chi connectivity index (χ2n) is 9.14. The summed E-state index contributed by atoms with van der Waals surface area (Å²) in [5.41, 5.74) is 5.07. The lowest BCUT2D eigenvalue weighted by Gasteiger charge is -2.17. The molecule has 2 aromatic heterocycles. The zero-order valence-electron chi connectivity index (χ0n) is 22.7. The zero-order chi connectivity index (χ0) is 28.2. The lowest BCUT2D eigenvalue weighted by atomic mass is 9.97. The van der Waals surface area contributed by atoms with Crippen molar-refractivity contribution in [1.29, 1.82) is 0 Å². The number of aryl methyl sites for hydroxylation is 3. The van der Waals surface area contributed by atoms with E-state index < -0.39 is 10.0 Å². The third kappa shape index (κ3) is 6.27. The van der Waals surface area contributed by atoms with Crippen LogP contribution in [0.25, 0.3) is 11.1 Å². The Labute approximate surface area is 228 Å². The van der Waals surface area contributed by atoms with Crippen molar-refractivity contribution in [1.82, 2.24) is 15.1 Å². The van der Waals surface area contributed by atoms with Gasteiger partial charge in [-0.2, -0.15) is 0 Å². The first kappa shape index (κ1) is 28.2. The van der Waals surface area contributed by atoms with Gasteiger partial charge in [0, 0.05) is 35.5 Å². The van der Waals surface area contributed by atoms with E-state index in [0.29, 0.717) is 53.9 Å². The second kappa shape index (κ2) is 11.9. The van der Waals surface area contributed by atoms with Crippen molar-refractivity contribution in [2.75, 3.05) is 16.6 Å². The molecule has 0 amide bonds. The van der Waals surface area contributed by atoms with Crippen molar-refractivity contribution >= 4 is 21.7 Å². The van der Waals surface area contributed by atoms with E-state index in [9.17, 15) is 13.5 Å². The van der Waals surface area contributed by atoms with Crippen molar-refractivity contribution in [2.45, 2.75) is 59.3 Å². The molecular weight excluding hydrogens is 518 g/mol. The van der Waals surface area contributed by atoms with Gasteiger partial charge in [0.25, 0.3) is 10.0 Å². The highest BCUT2D eigenvalue weighted by Crippen LogP contribution is 2.33. The molecule has 0 spiro atoms. The first-order chi connectivity index (χ1) is 18.6. The van der Waals surface area contributed by atoms with Crippen LogP contribution >= 0.6 is 0 Å². The maximum atomic E-state index is 13.5. The van der Waals surface area contributed by atoms with Crippen LogP contribution in [0.1, 0.15) is 46.5 Å².